The Hall–Kier alpha value is -0.300. The molecule has 0 saturated carbocycles. The molecule has 0 fully saturated rings. The number of nitrogens with two attached hydrogens (primary N) is 1. The van der Waals surface area contributed by atoms with E-state index in [0.29, 0.717) is 0 Å². The highest BCUT2D eigenvalue weighted by atomic mass is 14.5. The summed E-state index contributed by atoms with van der Waals surface area (Å²) in [6, 6.07) is 0. The fourth-order valence-corrected chi connectivity index (χ4v) is 1.16. The molecule has 1 heteroatoms. The van der Waals surface area contributed by atoms with Crippen molar-refractivity contribution in [3.8, 4) is 0 Å². The molecule has 0 saturated heterocycles. The van der Waals surface area contributed by atoms with Crippen molar-refractivity contribution in [2.75, 3.05) is 6.54 Å². The van der Waals surface area contributed by atoms with Crippen molar-refractivity contribution in [1.82, 2.24) is 0 Å². The predicted octanol–water partition coefficient (Wildman–Crippen LogP) is 3.25. The maximum Gasteiger partial charge on any atom is -0.00773 e. The van der Waals surface area contributed by atoms with E-state index in [1.807, 2.05) is 0 Å². The monoisotopic (exact) mass is 169 g/mol. The van der Waals surface area contributed by atoms with Crippen molar-refractivity contribution in [3.05, 3.63) is 12.2 Å². The van der Waals surface area contributed by atoms with Crippen LogP contribution in [0, 0.1) is 0 Å². The third-order valence-corrected chi connectivity index (χ3v) is 1.95. The molecule has 0 aromatic rings. The minimum atomic E-state index is 0.853. The van der Waals surface area contributed by atoms with Crippen LogP contribution in [-0.4, -0.2) is 6.54 Å². The Balaban J connectivity index is 2.90. The molecule has 0 aliphatic carbocycles. The molecule has 12 heavy (non-hydrogen) atoms. The van der Waals surface area contributed by atoms with Gasteiger partial charge in [-0.15, -0.1) is 0 Å². The predicted molar refractivity (Wildman–Crippen MR) is 56.2 cm³/mol. The van der Waals surface area contributed by atoms with Gasteiger partial charge in [-0.3, -0.25) is 0 Å². The molecule has 0 spiro atoms. The van der Waals surface area contributed by atoms with Gasteiger partial charge < -0.3 is 5.73 Å². The van der Waals surface area contributed by atoms with Gasteiger partial charge in [-0.05, 0) is 32.2 Å². The van der Waals surface area contributed by atoms with E-state index < -0.39 is 0 Å². The van der Waals surface area contributed by atoms with Gasteiger partial charge in [0.2, 0.25) is 0 Å². The van der Waals surface area contributed by atoms with E-state index in [1.54, 1.807) is 0 Å². The molecular formula is C11H23N. The van der Waals surface area contributed by atoms with Crippen molar-refractivity contribution in [2.24, 2.45) is 5.73 Å². The molecule has 0 unspecified atom stereocenters. The topological polar surface area (TPSA) is 26.0 Å². The molecule has 0 aliphatic heterocycles. The van der Waals surface area contributed by atoms with Gasteiger partial charge in [0, 0.05) is 0 Å². The molecule has 0 aromatic heterocycles. The zero-order valence-electron chi connectivity index (χ0n) is 8.39. The second-order valence-corrected chi connectivity index (χ2v) is 3.25. The highest BCUT2D eigenvalue weighted by Gasteiger charge is 1.85. The first-order chi connectivity index (χ1) is 5.91. The molecule has 0 atom stereocenters. The minimum Gasteiger partial charge on any atom is -0.330 e. The van der Waals surface area contributed by atoms with Crippen LogP contribution in [0.5, 0.6) is 0 Å². The third-order valence-electron chi connectivity index (χ3n) is 1.95. The molecule has 0 rings (SSSR count). The van der Waals surface area contributed by atoms with Crippen LogP contribution in [0.3, 0.4) is 0 Å². The molecule has 72 valence electrons. The summed E-state index contributed by atoms with van der Waals surface area (Å²) in [6.45, 7) is 3.07. The summed E-state index contributed by atoms with van der Waals surface area (Å²) in [5, 5.41) is 0. The molecule has 0 aliphatic rings. The third kappa shape index (κ3) is 9.70. The molecule has 2 N–H and O–H groups in total. The smallest absolute Gasteiger partial charge is 0.00773 e. The van der Waals surface area contributed by atoms with Gasteiger partial charge in [-0.1, -0.05) is 38.3 Å². The van der Waals surface area contributed by atoms with E-state index in [4.69, 9.17) is 5.73 Å². The van der Waals surface area contributed by atoms with Crippen molar-refractivity contribution in [3.63, 3.8) is 0 Å². The molecule has 0 radical (unpaired) electrons. The van der Waals surface area contributed by atoms with Crippen LogP contribution >= 0.6 is 0 Å². The van der Waals surface area contributed by atoms with Gasteiger partial charge in [0.05, 0.1) is 0 Å². The van der Waals surface area contributed by atoms with E-state index in [0.717, 1.165) is 6.54 Å². The molecule has 0 amide bonds. The summed E-state index contributed by atoms with van der Waals surface area (Å²) in [6.07, 6.45) is 13.5. The maximum atomic E-state index is 5.39. The fourth-order valence-electron chi connectivity index (χ4n) is 1.16. The van der Waals surface area contributed by atoms with Crippen LogP contribution in [0.4, 0.5) is 0 Å². The normalized spacial score (nSPS) is 11.2. The van der Waals surface area contributed by atoms with Crippen molar-refractivity contribution >= 4 is 0 Å². The molecular weight excluding hydrogens is 146 g/mol. The highest BCUT2D eigenvalue weighted by Crippen LogP contribution is 2.03. The summed E-state index contributed by atoms with van der Waals surface area (Å²) in [4.78, 5) is 0. The van der Waals surface area contributed by atoms with Crippen LogP contribution in [0.2, 0.25) is 0 Å². The highest BCUT2D eigenvalue weighted by molar-refractivity contribution is 4.80. The molecule has 0 heterocycles. The number of allylic oxidation sites excluding steroid dienone is 2. The Morgan fingerprint density at radius 3 is 2.25 bits per heavy atom. The maximum absolute atomic E-state index is 5.39. The second kappa shape index (κ2) is 10.7. The van der Waals surface area contributed by atoms with Gasteiger partial charge in [0.15, 0.2) is 0 Å². The lowest BCUT2D eigenvalue weighted by molar-refractivity contribution is 0.652. The molecule has 1 nitrogen and oxygen atoms in total. The summed E-state index contributed by atoms with van der Waals surface area (Å²) >= 11 is 0. The van der Waals surface area contributed by atoms with Gasteiger partial charge in [0.25, 0.3) is 0 Å². The fraction of sp³-hybridized carbons (Fsp3) is 0.818. The van der Waals surface area contributed by atoms with Gasteiger partial charge in [-0.25, -0.2) is 0 Å². The van der Waals surface area contributed by atoms with Crippen LogP contribution in [-0.2, 0) is 0 Å². The summed E-state index contributed by atoms with van der Waals surface area (Å²) in [5.41, 5.74) is 5.39. The average molecular weight is 169 g/mol. The van der Waals surface area contributed by atoms with E-state index in [1.165, 1.54) is 44.9 Å². The van der Waals surface area contributed by atoms with Gasteiger partial charge in [0.1, 0.15) is 0 Å². The minimum absolute atomic E-state index is 0.853. The zero-order chi connectivity index (χ0) is 9.07. The van der Waals surface area contributed by atoms with E-state index in [-0.39, 0.29) is 0 Å². The van der Waals surface area contributed by atoms with E-state index in [2.05, 4.69) is 19.1 Å². The zero-order valence-corrected chi connectivity index (χ0v) is 8.39. The first kappa shape index (κ1) is 11.7. The second-order valence-electron chi connectivity index (χ2n) is 3.25. The van der Waals surface area contributed by atoms with Crippen LogP contribution in [0.1, 0.15) is 51.9 Å². The Morgan fingerprint density at radius 1 is 0.917 bits per heavy atom. The Kier molecular flexibility index (Phi) is 10.4. The van der Waals surface area contributed by atoms with Crippen molar-refractivity contribution in [1.29, 1.82) is 0 Å². The first-order valence-corrected chi connectivity index (χ1v) is 5.27. The first-order valence-electron chi connectivity index (χ1n) is 5.27. The average Bonchev–Trinajstić information content (AvgIpc) is 2.10. The van der Waals surface area contributed by atoms with Gasteiger partial charge >= 0.3 is 0 Å². The Bertz CT molecular complexity index is 97.2. The van der Waals surface area contributed by atoms with Crippen LogP contribution in [0.25, 0.3) is 0 Å². The van der Waals surface area contributed by atoms with E-state index in [9.17, 15) is 0 Å². The lowest BCUT2D eigenvalue weighted by Crippen LogP contribution is -1.97. The molecule has 0 bridgehead atoms. The van der Waals surface area contributed by atoms with E-state index >= 15 is 0 Å². The lowest BCUT2D eigenvalue weighted by Gasteiger charge is -1.95. The van der Waals surface area contributed by atoms with Crippen LogP contribution in [0.15, 0.2) is 12.2 Å². The quantitative estimate of drug-likeness (QED) is 0.438. The number of hydrogen-bond acceptors (Lipinski definition) is 1. The van der Waals surface area contributed by atoms with Crippen molar-refractivity contribution < 1.29 is 0 Å². The summed E-state index contributed by atoms with van der Waals surface area (Å²) < 4.78 is 0. The standard InChI is InChI=1S/C11H23N/c1-2-3-4-5-6-7-8-9-10-11-12/h4-5H,2-3,6-12H2,1H3. The SMILES string of the molecule is CCCC=CCCCCCCN. The summed E-state index contributed by atoms with van der Waals surface area (Å²) in [5.74, 6) is 0. The van der Waals surface area contributed by atoms with Gasteiger partial charge in [-0.2, -0.15) is 0 Å². The summed E-state index contributed by atoms with van der Waals surface area (Å²) in [7, 11) is 0. The number of rotatable bonds is 8. The number of unbranched alkanes of at least 4 members (excludes halogenated alkanes) is 5. The largest absolute Gasteiger partial charge is 0.330 e. The molecule has 0 aromatic carbocycles. The lowest BCUT2D eigenvalue weighted by atomic mass is 10.1. The van der Waals surface area contributed by atoms with Crippen molar-refractivity contribution in [2.45, 2.75) is 51.9 Å². The Labute approximate surface area is 77.0 Å². The number of hydrogen-bond donors (Lipinski definition) is 1. The van der Waals surface area contributed by atoms with Crippen LogP contribution < -0.4 is 5.73 Å². The Morgan fingerprint density at radius 2 is 1.58 bits per heavy atom.